The third-order valence-electron chi connectivity index (χ3n) is 3.09. The molecule has 0 saturated carbocycles. The van der Waals surface area contributed by atoms with Gasteiger partial charge in [0.2, 0.25) is 0 Å². The van der Waals surface area contributed by atoms with Gasteiger partial charge in [-0.3, -0.25) is 0 Å². The van der Waals surface area contributed by atoms with Crippen molar-refractivity contribution in [2.45, 2.75) is 52.0 Å². The highest BCUT2D eigenvalue weighted by Crippen LogP contribution is 2.10. The van der Waals surface area contributed by atoms with Crippen LogP contribution in [-0.4, -0.2) is 36.4 Å². The molecular weight excluding hydrogens is 322 g/mol. The summed E-state index contributed by atoms with van der Waals surface area (Å²) in [5, 5.41) is 2.52. The monoisotopic (exact) mass is 349 g/mol. The maximum atomic E-state index is 12.2. The van der Waals surface area contributed by atoms with Crippen LogP contribution in [0.25, 0.3) is 0 Å². The summed E-state index contributed by atoms with van der Waals surface area (Å²) in [6.45, 7) is 10.8. The fourth-order valence-electron chi connectivity index (χ4n) is 1.93. The number of hydrogen-bond donors (Lipinski definition) is 1. The molecule has 6 nitrogen and oxygen atoms in total. The van der Waals surface area contributed by atoms with Crippen molar-refractivity contribution in [2.75, 3.05) is 6.61 Å². The Kier molecular flexibility index (Phi) is 8.15. The zero-order chi connectivity index (χ0) is 18.9. The standard InChI is InChI=1S/C19H27NO5/c1-6-12-23-17(21)16(20-18(22)25-19(3,4)5)14(2)24-13-15-10-8-7-9-11-15/h6-11,14,16H,1,12-13H2,2-5H3,(H,20,22)/t14-,16+/m1/s1. The first-order chi connectivity index (χ1) is 11.7. The molecule has 0 aliphatic rings. The first-order valence-corrected chi connectivity index (χ1v) is 8.15. The minimum Gasteiger partial charge on any atom is -0.460 e. The van der Waals surface area contributed by atoms with E-state index in [2.05, 4.69) is 11.9 Å². The van der Waals surface area contributed by atoms with Crippen LogP contribution >= 0.6 is 0 Å². The lowest BCUT2D eigenvalue weighted by Gasteiger charge is -2.26. The van der Waals surface area contributed by atoms with Crippen molar-refractivity contribution in [3.8, 4) is 0 Å². The van der Waals surface area contributed by atoms with Gasteiger partial charge in [-0.25, -0.2) is 9.59 Å². The summed E-state index contributed by atoms with van der Waals surface area (Å²) in [4.78, 5) is 24.2. The van der Waals surface area contributed by atoms with Crippen LogP contribution in [0, 0.1) is 0 Å². The largest absolute Gasteiger partial charge is 0.460 e. The van der Waals surface area contributed by atoms with Crippen molar-refractivity contribution in [2.24, 2.45) is 0 Å². The SMILES string of the molecule is C=CCOC(=O)[C@@H](NC(=O)OC(C)(C)C)[C@@H](C)OCc1ccccc1. The minimum absolute atomic E-state index is 0.0523. The maximum Gasteiger partial charge on any atom is 0.408 e. The summed E-state index contributed by atoms with van der Waals surface area (Å²) >= 11 is 0. The summed E-state index contributed by atoms with van der Waals surface area (Å²) in [6, 6.07) is 8.55. The van der Waals surface area contributed by atoms with Crippen LogP contribution in [-0.2, 0) is 25.6 Å². The molecule has 0 fully saturated rings. The lowest BCUT2D eigenvalue weighted by Crippen LogP contribution is -2.50. The Morgan fingerprint density at radius 2 is 1.88 bits per heavy atom. The summed E-state index contributed by atoms with van der Waals surface area (Å²) in [7, 11) is 0. The molecule has 138 valence electrons. The van der Waals surface area contributed by atoms with Gasteiger partial charge in [-0.2, -0.15) is 0 Å². The molecule has 1 rings (SSSR count). The van der Waals surface area contributed by atoms with Crippen molar-refractivity contribution in [3.05, 3.63) is 48.6 Å². The molecule has 0 heterocycles. The number of esters is 1. The van der Waals surface area contributed by atoms with Gasteiger partial charge in [-0.15, -0.1) is 0 Å². The summed E-state index contributed by atoms with van der Waals surface area (Å²) < 4.78 is 16.0. The highest BCUT2D eigenvalue weighted by Gasteiger charge is 2.31. The molecule has 1 aromatic rings. The van der Waals surface area contributed by atoms with Crippen LogP contribution in [0.5, 0.6) is 0 Å². The number of alkyl carbamates (subject to hydrolysis) is 1. The summed E-state index contributed by atoms with van der Waals surface area (Å²) in [5.74, 6) is -0.605. The molecule has 0 radical (unpaired) electrons. The number of ether oxygens (including phenoxy) is 3. The van der Waals surface area contributed by atoms with Gasteiger partial charge < -0.3 is 19.5 Å². The molecule has 0 unspecified atom stereocenters. The molecule has 0 saturated heterocycles. The number of nitrogens with one attached hydrogen (secondary N) is 1. The van der Waals surface area contributed by atoms with Crippen LogP contribution in [0.15, 0.2) is 43.0 Å². The third kappa shape index (κ3) is 8.35. The van der Waals surface area contributed by atoms with Crippen LogP contribution in [0.2, 0.25) is 0 Å². The Balaban J connectivity index is 2.72. The Hall–Kier alpha value is -2.34. The summed E-state index contributed by atoms with van der Waals surface area (Å²) in [5.41, 5.74) is 0.290. The fourth-order valence-corrected chi connectivity index (χ4v) is 1.93. The topological polar surface area (TPSA) is 73.9 Å². The molecule has 6 heteroatoms. The molecule has 0 aromatic heterocycles. The zero-order valence-corrected chi connectivity index (χ0v) is 15.3. The van der Waals surface area contributed by atoms with E-state index in [0.717, 1.165) is 5.56 Å². The zero-order valence-electron chi connectivity index (χ0n) is 15.3. The Labute approximate surface area is 149 Å². The molecule has 25 heavy (non-hydrogen) atoms. The first-order valence-electron chi connectivity index (χ1n) is 8.15. The van der Waals surface area contributed by atoms with E-state index in [0.29, 0.717) is 6.61 Å². The molecule has 1 aromatic carbocycles. The van der Waals surface area contributed by atoms with E-state index in [-0.39, 0.29) is 6.61 Å². The van der Waals surface area contributed by atoms with Crippen LogP contribution in [0.4, 0.5) is 4.79 Å². The van der Waals surface area contributed by atoms with Crippen LogP contribution in [0.3, 0.4) is 0 Å². The smallest absolute Gasteiger partial charge is 0.408 e. The predicted octanol–water partition coefficient (Wildman–Crippen LogP) is 3.21. The average Bonchev–Trinajstić information content (AvgIpc) is 2.54. The molecule has 0 bridgehead atoms. The Morgan fingerprint density at radius 1 is 1.24 bits per heavy atom. The summed E-state index contributed by atoms with van der Waals surface area (Å²) in [6.07, 6.45) is 0.144. The van der Waals surface area contributed by atoms with Crippen molar-refractivity contribution in [1.29, 1.82) is 0 Å². The van der Waals surface area contributed by atoms with Gasteiger partial charge in [0, 0.05) is 0 Å². The van der Waals surface area contributed by atoms with Gasteiger partial charge in [0.25, 0.3) is 0 Å². The highest BCUT2D eigenvalue weighted by molar-refractivity contribution is 5.82. The fraction of sp³-hybridized carbons (Fsp3) is 0.474. The lowest BCUT2D eigenvalue weighted by atomic mass is 10.1. The molecule has 2 atom stereocenters. The lowest BCUT2D eigenvalue weighted by molar-refractivity contribution is -0.149. The van der Waals surface area contributed by atoms with Gasteiger partial charge in [0.1, 0.15) is 12.2 Å². The van der Waals surface area contributed by atoms with Gasteiger partial charge >= 0.3 is 12.1 Å². The van der Waals surface area contributed by atoms with E-state index in [1.54, 1.807) is 27.7 Å². The van der Waals surface area contributed by atoms with Crippen molar-refractivity contribution in [3.63, 3.8) is 0 Å². The minimum atomic E-state index is -0.987. The molecule has 0 spiro atoms. The first kappa shape index (κ1) is 20.7. The normalized spacial score (nSPS) is 13.4. The van der Waals surface area contributed by atoms with Crippen LogP contribution < -0.4 is 5.32 Å². The van der Waals surface area contributed by atoms with Gasteiger partial charge in [0.15, 0.2) is 6.04 Å². The molecular formula is C19H27NO5. The predicted molar refractivity (Wildman–Crippen MR) is 95.0 cm³/mol. The third-order valence-corrected chi connectivity index (χ3v) is 3.09. The van der Waals surface area contributed by atoms with E-state index in [1.807, 2.05) is 30.3 Å². The van der Waals surface area contributed by atoms with Gasteiger partial charge in [-0.05, 0) is 33.3 Å². The van der Waals surface area contributed by atoms with Crippen LogP contribution in [0.1, 0.15) is 33.3 Å². The second-order valence-corrected chi connectivity index (χ2v) is 6.54. The Bertz CT molecular complexity index is 565. The molecule has 0 aliphatic heterocycles. The average molecular weight is 349 g/mol. The molecule has 1 N–H and O–H groups in total. The van der Waals surface area contributed by atoms with Gasteiger partial charge in [-0.1, -0.05) is 43.0 Å². The molecule has 0 aliphatic carbocycles. The second kappa shape index (κ2) is 9.84. The van der Waals surface area contributed by atoms with E-state index in [4.69, 9.17) is 14.2 Å². The number of amides is 1. The Morgan fingerprint density at radius 3 is 2.44 bits per heavy atom. The van der Waals surface area contributed by atoms with Crippen molar-refractivity contribution >= 4 is 12.1 Å². The van der Waals surface area contributed by atoms with E-state index in [1.165, 1.54) is 6.08 Å². The van der Waals surface area contributed by atoms with E-state index >= 15 is 0 Å². The van der Waals surface area contributed by atoms with E-state index < -0.39 is 29.8 Å². The number of benzene rings is 1. The van der Waals surface area contributed by atoms with Gasteiger partial charge in [0.05, 0.1) is 12.7 Å². The molecule has 1 amide bonds. The highest BCUT2D eigenvalue weighted by atomic mass is 16.6. The number of rotatable bonds is 8. The number of hydrogen-bond acceptors (Lipinski definition) is 5. The second-order valence-electron chi connectivity index (χ2n) is 6.54. The maximum absolute atomic E-state index is 12.2. The van der Waals surface area contributed by atoms with Crippen molar-refractivity contribution in [1.82, 2.24) is 5.32 Å². The quantitative estimate of drug-likeness (QED) is 0.576. The number of carbonyl (C=O) groups is 2. The van der Waals surface area contributed by atoms with E-state index in [9.17, 15) is 9.59 Å². The van der Waals surface area contributed by atoms with Crippen molar-refractivity contribution < 1.29 is 23.8 Å². The number of carbonyl (C=O) groups excluding carboxylic acids is 2.